The Balaban J connectivity index is 1.85. The molecule has 0 saturated heterocycles. The smallest absolute Gasteiger partial charge is 0.243 e. The van der Waals surface area contributed by atoms with Gasteiger partial charge in [-0.15, -0.1) is 0 Å². The number of hydrogen-bond acceptors (Lipinski definition) is 5. The lowest BCUT2D eigenvalue weighted by molar-refractivity contribution is -0.141. The molecule has 3 aromatic rings. The Morgan fingerprint density at radius 1 is 0.902 bits per heavy atom. The first kappa shape index (κ1) is 31.7. The lowest BCUT2D eigenvalue weighted by Gasteiger charge is -2.32. The largest absolute Gasteiger partial charge is 0.497 e. The topological polar surface area (TPSA) is 96.0 Å². The van der Waals surface area contributed by atoms with Crippen molar-refractivity contribution in [1.29, 1.82) is 0 Å². The molecular formula is C32H41N3O5S. The summed E-state index contributed by atoms with van der Waals surface area (Å²) in [5.74, 6) is 0.204. The summed E-state index contributed by atoms with van der Waals surface area (Å²) < 4.78 is 31.7. The number of hydrogen-bond donors (Lipinski definition) is 1. The van der Waals surface area contributed by atoms with Gasteiger partial charge in [-0.25, -0.2) is 8.42 Å². The van der Waals surface area contributed by atoms with Crippen molar-refractivity contribution in [3.8, 4) is 5.75 Å². The molecule has 0 spiro atoms. The highest BCUT2D eigenvalue weighted by Crippen LogP contribution is 2.23. The van der Waals surface area contributed by atoms with Crippen LogP contribution in [0.15, 0.2) is 84.9 Å². The Hall–Kier alpha value is -3.85. The molecule has 3 aromatic carbocycles. The highest BCUT2D eigenvalue weighted by molar-refractivity contribution is 7.92. The van der Waals surface area contributed by atoms with Gasteiger partial charge in [0, 0.05) is 32.0 Å². The first-order chi connectivity index (χ1) is 19.6. The maximum absolute atomic E-state index is 13.9. The lowest BCUT2D eigenvalue weighted by Crippen LogP contribution is -2.52. The Bertz CT molecular complexity index is 1350. The van der Waals surface area contributed by atoms with E-state index in [1.165, 1.54) is 4.31 Å². The molecule has 220 valence electrons. The van der Waals surface area contributed by atoms with Crippen LogP contribution in [0.5, 0.6) is 5.75 Å². The van der Waals surface area contributed by atoms with Crippen LogP contribution < -0.4 is 14.4 Å². The average molecular weight is 580 g/mol. The molecule has 1 N–H and O–H groups in total. The molecule has 0 aliphatic carbocycles. The molecule has 8 nitrogen and oxygen atoms in total. The number of amides is 2. The number of nitrogens with zero attached hydrogens (tertiary/aromatic N) is 2. The van der Waals surface area contributed by atoms with Crippen LogP contribution in [0.4, 0.5) is 5.69 Å². The predicted octanol–water partition coefficient (Wildman–Crippen LogP) is 4.80. The SMILES string of the molecule is CCC(C)NC(=O)C(Cc1ccccc1)N(Cc1ccccc1)C(=O)CCCN(c1ccc(OC)cc1)S(C)(=O)=O. The highest BCUT2D eigenvalue weighted by atomic mass is 32.2. The van der Waals surface area contributed by atoms with Crippen LogP contribution in [0, 0.1) is 0 Å². The van der Waals surface area contributed by atoms with Gasteiger partial charge in [0.15, 0.2) is 0 Å². The maximum Gasteiger partial charge on any atom is 0.243 e. The fraction of sp³-hybridized carbons (Fsp3) is 0.375. The van der Waals surface area contributed by atoms with E-state index >= 15 is 0 Å². The van der Waals surface area contributed by atoms with E-state index in [0.717, 1.165) is 23.8 Å². The number of carbonyl (C=O) groups is 2. The van der Waals surface area contributed by atoms with Gasteiger partial charge in [-0.05, 0) is 55.2 Å². The van der Waals surface area contributed by atoms with Crippen molar-refractivity contribution in [3.63, 3.8) is 0 Å². The average Bonchev–Trinajstić information content (AvgIpc) is 2.97. The zero-order valence-corrected chi connectivity index (χ0v) is 25.1. The van der Waals surface area contributed by atoms with E-state index in [9.17, 15) is 18.0 Å². The monoisotopic (exact) mass is 579 g/mol. The third-order valence-corrected chi connectivity index (χ3v) is 8.17. The van der Waals surface area contributed by atoms with Gasteiger partial charge in [0.1, 0.15) is 11.8 Å². The van der Waals surface area contributed by atoms with E-state index in [0.29, 0.717) is 17.9 Å². The van der Waals surface area contributed by atoms with Crippen LogP contribution in [0.25, 0.3) is 0 Å². The molecule has 0 bridgehead atoms. The summed E-state index contributed by atoms with van der Waals surface area (Å²) in [6.07, 6.45) is 2.65. The van der Waals surface area contributed by atoms with Gasteiger partial charge >= 0.3 is 0 Å². The summed E-state index contributed by atoms with van der Waals surface area (Å²) in [4.78, 5) is 29.1. The minimum atomic E-state index is -3.59. The van der Waals surface area contributed by atoms with Crippen LogP contribution in [0.1, 0.15) is 44.2 Å². The number of ether oxygens (including phenoxy) is 1. The first-order valence-corrected chi connectivity index (χ1v) is 15.8. The van der Waals surface area contributed by atoms with Crippen LogP contribution >= 0.6 is 0 Å². The van der Waals surface area contributed by atoms with Crippen molar-refractivity contribution >= 4 is 27.5 Å². The second kappa shape index (κ2) is 15.2. The molecule has 0 saturated carbocycles. The van der Waals surface area contributed by atoms with Gasteiger partial charge < -0.3 is 15.0 Å². The fourth-order valence-electron chi connectivity index (χ4n) is 4.53. The van der Waals surface area contributed by atoms with E-state index in [2.05, 4.69) is 5.32 Å². The molecule has 2 amide bonds. The zero-order valence-electron chi connectivity index (χ0n) is 24.3. The zero-order chi connectivity index (χ0) is 29.8. The van der Waals surface area contributed by atoms with Crippen LogP contribution in [0.2, 0.25) is 0 Å². The third kappa shape index (κ3) is 9.63. The van der Waals surface area contributed by atoms with Crippen LogP contribution in [0.3, 0.4) is 0 Å². The van der Waals surface area contributed by atoms with Gasteiger partial charge in [-0.1, -0.05) is 67.6 Å². The number of methoxy groups -OCH3 is 1. The number of sulfonamides is 1. The Morgan fingerprint density at radius 3 is 2.02 bits per heavy atom. The number of anilines is 1. The molecule has 9 heteroatoms. The summed E-state index contributed by atoms with van der Waals surface area (Å²) in [5.41, 5.74) is 2.36. The van der Waals surface area contributed by atoms with Crippen molar-refractivity contribution in [2.75, 3.05) is 24.2 Å². The molecule has 41 heavy (non-hydrogen) atoms. The van der Waals surface area contributed by atoms with Crippen molar-refractivity contribution in [3.05, 3.63) is 96.1 Å². The Morgan fingerprint density at radius 2 is 1.49 bits per heavy atom. The van der Waals surface area contributed by atoms with Crippen molar-refractivity contribution < 1.29 is 22.7 Å². The second-order valence-electron chi connectivity index (χ2n) is 10.2. The summed E-state index contributed by atoms with van der Waals surface area (Å²) in [7, 11) is -2.04. The first-order valence-electron chi connectivity index (χ1n) is 13.9. The molecule has 2 atom stereocenters. The number of rotatable bonds is 15. The van der Waals surface area contributed by atoms with E-state index < -0.39 is 16.1 Å². The van der Waals surface area contributed by atoms with Gasteiger partial charge in [0.2, 0.25) is 21.8 Å². The standard InChI is InChI=1S/C32H41N3O5S/c1-5-25(2)33-32(37)30(23-26-13-8-6-9-14-26)34(24-27-15-10-7-11-16-27)31(36)17-12-22-35(41(4,38)39)28-18-20-29(40-3)21-19-28/h6-11,13-16,18-21,25,30H,5,12,17,22-24H2,1-4H3,(H,33,37). The lowest BCUT2D eigenvalue weighted by atomic mass is 10.0. The maximum atomic E-state index is 13.9. The van der Waals surface area contributed by atoms with E-state index in [1.807, 2.05) is 74.5 Å². The fourth-order valence-corrected chi connectivity index (χ4v) is 5.49. The van der Waals surface area contributed by atoms with Gasteiger partial charge in [-0.2, -0.15) is 0 Å². The molecule has 2 unspecified atom stereocenters. The van der Waals surface area contributed by atoms with Crippen LogP contribution in [-0.2, 0) is 32.6 Å². The molecule has 0 aliphatic heterocycles. The molecule has 0 heterocycles. The third-order valence-electron chi connectivity index (χ3n) is 6.98. The minimum Gasteiger partial charge on any atom is -0.497 e. The summed E-state index contributed by atoms with van der Waals surface area (Å²) >= 11 is 0. The summed E-state index contributed by atoms with van der Waals surface area (Å²) in [5, 5.41) is 3.07. The van der Waals surface area contributed by atoms with Crippen molar-refractivity contribution in [2.45, 2.75) is 58.2 Å². The molecular weight excluding hydrogens is 538 g/mol. The van der Waals surface area contributed by atoms with Gasteiger partial charge in [0.25, 0.3) is 0 Å². The van der Waals surface area contributed by atoms with E-state index in [-0.39, 0.29) is 43.8 Å². The van der Waals surface area contributed by atoms with Gasteiger partial charge in [-0.3, -0.25) is 13.9 Å². The van der Waals surface area contributed by atoms with Crippen molar-refractivity contribution in [1.82, 2.24) is 10.2 Å². The van der Waals surface area contributed by atoms with Crippen molar-refractivity contribution in [2.24, 2.45) is 0 Å². The van der Waals surface area contributed by atoms with Crippen LogP contribution in [-0.4, -0.2) is 57.1 Å². The Labute approximate surface area is 244 Å². The number of benzene rings is 3. The summed E-state index contributed by atoms with van der Waals surface area (Å²) in [6, 6.07) is 25.2. The summed E-state index contributed by atoms with van der Waals surface area (Å²) in [6.45, 7) is 4.33. The normalized spacial score (nSPS) is 12.7. The quantitative estimate of drug-likeness (QED) is 0.279. The molecule has 0 fully saturated rings. The predicted molar refractivity (Wildman–Crippen MR) is 163 cm³/mol. The highest BCUT2D eigenvalue weighted by Gasteiger charge is 2.31. The molecule has 0 aromatic heterocycles. The van der Waals surface area contributed by atoms with Gasteiger partial charge in [0.05, 0.1) is 19.1 Å². The molecule has 0 aliphatic rings. The Kier molecular flexibility index (Phi) is 11.8. The molecule has 0 radical (unpaired) electrons. The van der Waals surface area contributed by atoms with E-state index in [4.69, 9.17) is 4.74 Å². The second-order valence-corrected chi connectivity index (χ2v) is 12.1. The number of nitrogens with one attached hydrogen (secondary N) is 1. The minimum absolute atomic E-state index is 0.0396. The molecule has 3 rings (SSSR count). The van der Waals surface area contributed by atoms with E-state index in [1.54, 1.807) is 36.3 Å². The number of carbonyl (C=O) groups excluding carboxylic acids is 2.